The zero-order valence-electron chi connectivity index (χ0n) is 65.9. The summed E-state index contributed by atoms with van der Waals surface area (Å²) in [5.74, 6) is -2.24. The molecule has 602 valence electrons. The summed E-state index contributed by atoms with van der Waals surface area (Å²) in [5.41, 5.74) is 15.3. The van der Waals surface area contributed by atoms with Crippen LogP contribution in [0.25, 0.3) is 33.2 Å². The first-order valence-electron chi connectivity index (χ1n) is 38.9. The summed E-state index contributed by atoms with van der Waals surface area (Å²) in [7, 11) is 8.71. The maximum atomic E-state index is 13.3. The van der Waals surface area contributed by atoms with E-state index in [2.05, 4.69) is 36.5 Å². The van der Waals surface area contributed by atoms with Gasteiger partial charge in [-0.1, -0.05) is 88.5 Å². The van der Waals surface area contributed by atoms with Crippen molar-refractivity contribution in [1.82, 2.24) is 50.4 Å². The zero-order chi connectivity index (χ0) is 82.1. The number of amides is 9. The predicted octanol–water partition coefficient (Wildman–Crippen LogP) is 8.84. The fourth-order valence-corrected chi connectivity index (χ4v) is 14.9. The van der Waals surface area contributed by atoms with Gasteiger partial charge >= 0.3 is 5.97 Å². The van der Waals surface area contributed by atoms with E-state index in [0.29, 0.717) is 100 Å². The van der Waals surface area contributed by atoms with Gasteiger partial charge in [-0.25, -0.2) is 0 Å². The second-order valence-electron chi connectivity index (χ2n) is 28.2. The summed E-state index contributed by atoms with van der Waals surface area (Å²) >= 11 is 0. The van der Waals surface area contributed by atoms with E-state index in [-0.39, 0.29) is 61.7 Å². The van der Waals surface area contributed by atoms with Crippen molar-refractivity contribution in [1.29, 1.82) is 0 Å². The van der Waals surface area contributed by atoms with Gasteiger partial charge in [0.1, 0.15) is 40.6 Å². The second-order valence-corrected chi connectivity index (χ2v) is 28.2. The Labute approximate surface area is 655 Å². The van der Waals surface area contributed by atoms with Crippen LogP contribution in [0.5, 0.6) is 23.0 Å². The Kier molecular flexibility index (Phi) is 30.5. The van der Waals surface area contributed by atoms with E-state index in [1.165, 1.54) is 23.8 Å². The molecule has 30 heteroatoms. The van der Waals surface area contributed by atoms with E-state index in [1.807, 2.05) is 36.4 Å². The maximum Gasteiger partial charge on any atom is 0.317 e. The van der Waals surface area contributed by atoms with E-state index in [0.717, 1.165) is 143 Å². The van der Waals surface area contributed by atoms with E-state index in [1.54, 1.807) is 96.2 Å². The smallest absolute Gasteiger partial charge is 0.317 e. The number of pyridine rings is 2. The van der Waals surface area contributed by atoms with Crippen LogP contribution in [0, 0.1) is 0 Å². The van der Waals surface area contributed by atoms with Gasteiger partial charge in [0.05, 0.1) is 78.5 Å². The van der Waals surface area contributed by atoms with Gasteiger partial charge in [-0.3, -0.25) is 92.4 Å². The molecule has 0 spiro atoms. The molecule has 12 rings (SSSR count). The number of unbranched alkanes of at least 4 members (excludes halogenated alkanes) is 12. The highest BCUT2D eigenvalue weighted by Crippen LogP contribution is 2.40. The average molecular weight is 1560 g/mol. The Morgan fingerprint density at radius 2 is 1.07 bits per heavy atom. The number of aryl methyl sites for hydroxylation is 4. The van der Waals surface area contributed by atoms with E-state index < -0.39 is 66.6 Å². The van der Waals surface area contributed by atoms with Crippen LogP contribution in [-0.2, 0) is 75.2 Å². The van der Waals surface area contributed by atoms with Crippen LogP contribution in [0.15, 0.2) is 93.8 Å². The van der Waals surface area contributed by atoms with Crippen LogP contribution >= 0.6 is 0 Å². The summed E-state index contributed by atoms with van der Waals surface area (Å²) in [6.07, 6.45) is 25.2. The fraction of sp³-hybridized carbons (Fsp3) is 0.446. The molecule has 2 saturated heterocycles. The number of rotatable bonds is 35. The van der Waals surface area contributed by atoms with Crippen molar-refractivity contribution in [3.63, 3.8) is 0 Å². The molecule has 4 aromatic carbocycles. The number of nitrogens with one attached hydrogen (secondary N) is 5. The number of carboxylic acid groups (broad SMARTS) is 1. The summed E-state index contributed by atoms with van der Waals surface area (Å²) in [5, 5.41) is 26.7. The summed E-state index contributed by atoms with van der Waals surface area (Å²) in [6, 6.07) is 16.3. The minimum absolute atomic E-state index is 0.00918. The molecular weight excluding hydrogens is 1460 g/mol. The highest BCUT2D eigenvalue weighted by molar-refractivity contribution is 6.25. The summed E-state index contributed by atoms with van der Waals surface area (Å²) in [6.45, 7) is 1.87. The second kappa shape index (κ2) is 41.1. The molecule has 0 bridgehead atoms. The molecule has 8 heterocycles. The highest BCUT2D eigenvalue weighted by atomic mass is 19.1. The van der Waals surface area contributed by atoms with Crippen LogP contribution in [0.1, 0.15) is 205 Å². The lowest BCUT2D eigenvalue weighted by molar-refractivity contribution is -0.137. The number of alkyl halides is 1. The lowest BCUT2D eigenvalue weighted by Crippen LogP contribution is -2.54. The molecule has 113 heavy (non-hydrogen) atoms. The van der Waals surface area contributed by atoms with Crippen LogP contribution in [0.4, 0.5) is 4.39 Å². The molecule has 8 N–H and O–H groups in total. The van der Waals surface area contributed by atoms with Gasteiger partial charge in [0, 0.05) is 104 Å². The number of fused-ring (bicyclic) bond motifs is 4. The largest absolute Gasteiger partial charge is 0.496 e. The third-order valence-electron chi connectivity index (χ3n) is 20.7. The summed E-state index contributed by atoms with van der Waals surface area (Å²) < 4.78 is 41.1. The van der Waals surface area contributed by atoms with Gasteiger partial charge in [-0.2, -0.15) is 5.10 Å². The van der Waals surface area contributed by atoms with Crippen molar-refractivity contribution in [2.75, 3.05) is 55.2 Å². The molecule has 5 aliphatic rings. The van der Waals surface area contributed by atoms with Crippen LogP contribution in [0.3, 0.4) is 0 Å². The molecule has 0 radical (unpaired) electrons. The monoisotopic (exact) mass is 1560 g/mol. The van der Waals surface area contributed by atoms with Gasteiger partial charge in [0.15, 0.2) is 0 Å². The number of carboxylic acids is 1. The van der Waals surface area contributed by atoms with Crippen molar-refractivity contribution in [3.05, 3.63) is 156 Å². The molecule has 2 atom stereocenters. The molecule has 7 aromatic rings. The van der Waals surface area contributed by atoms with Gasteiger partial charge in [0.2, 0.25) is 29.5 Å². The molecular formula is C83H101FN12O17. The Hall–Kier alpha value is -11.5. The van der Waals surface area contributed by atoms with E-state index in [9.17, 15) is 61.9 Å². The highest BCUT2D eigenvalue weighted by Gasteiger charge is 2.47. The molecule has 3 aromatic heterocycles. The number of hydrogen-bond acceptors (Lipinski definition) is 20. The standard InChI is InChI=1S/C41H48N6O8.C22H29N3O4.C19H21N3O5.CH3F/c1-46-24-30(29-23-43-45-37(29)41(46)53)26-21-32(54-2)27(33(22-26)55-3)15-12-17-34(48)42-20-10-8-6-4-5-7-9-13-25-14-11-16-28-36(25)40(52)47(39(28)51)31-18-19-35(49)44-38(31)50;23-14-7-5-3-1-2-4-6-9-15-10-8-11-16-19(15)22(29)25(21(16)28)17-12-13-18(26)24-20(17)27;1-22-10-15(12-6-20-7-13(12)19(22)25)11-4-16(26-2)14(17(5-11)27-3)8-21-9-18(23)24;1-2/h11,14,16,21-24,31H,4-10,12-13,15,17-20H2,1-3H3,(H,42,48)(H,43,45)(H,44,49,50);8,10-11,17H,1-7,9,12-14,23H2,(H,24,26,27);4-6,10,21H,7-9H2,1-3H3,(H,23,24);1H3/i;;;1D. The first-order valence-corrected chi connectivity index (χ1v) is 38.2. The van der Waals surface area contributed by atoms with Crippen LogP contribution in [-0.4, -0.2) is 167 Å². The molecule has 9 amide bonds. The number of aromatic amines is 1. The minimum Gasteiger partial charge on any atom is -0.496 e. The zero-order valence-corrected chi connectivity index (χ0v) is 64.9. The summed E-state index contributed by atoms with van der Waals surface area (Å²) in [4.78, 5) is 154. The third-order valence-corrected chi connectivity index (χ3v) is 20.7. The number of aliphatic carboxylic acids is 1. The lowest BCUT2D eigenvalue weighted by Gasteiger charge is -2.27. The Morgan fingerprint density at radius 1 is 0.602 bits per heavy atom. The number of H-pyrrole nitrogens is 1. The van der Waals surface area contributed by atoms with Crippen molar-refractivity contribution in [3.8, 4) is 45.3 Å². The number of piperidine rings is 2. The number of imide groups is 4. The molecule has 0 aliphatic carbocycles. The van der Waals surface area contributed by atoms with Gasteiger partial charge in [-0.05, 0) is 129 Å². The van der Waals surface area contributed by atoms with Gasteiger partial charge in [-0.15, -0.1) is 0 Å². The van der Waals surface area contributed by atoms with Crippen molar-refractivity contribution in [2.45, 2.75) is 173 Å². The number of halogens is 1. The number of aliphatic imine (C=N–C) groups is 1. The lowest BCUT2D eigenvalue weighted by atomic mass is 9.97. The molecule has 0 saturated carbocycles. The maximum absolute atomic E-state index is 13.3. The van der Waals surface area contributed by atoms with E-state index in [4.69, 9.17) is 31.2 Å². The molecule has 29 nitrogen and oxygen atoms in total. The first-order chi connectivity index (χ1) is 55.0. The number of benzene rings is 4. The fourth-order valence-electron chi connectivity index (χ4n) is 14.9. The first kappa shape index (κ1) is 83.9. The quantitative estimate of drug-likeness (QED) is 0.0144. The predicted molar refractivity (Wildman–Crippen MR) is 421 cm³/mol. The Balaban J connectivity index is 0.000000211. The van der Waals surface area contributed by atoms with Gasteiger partial charge < -0.3 is 49.6 Å². The number of methoxy groups -OCH3 is 4. The van der Waals surface area contributed by atoms with Crippen molar-refractivity contribution >= 4 is 76.3 Å². The SMILES string of the molecule is COc1cc(-c2cn(C)c(=O)c3[nH]ncc23)cc(OC)c1CCCC(=O)NCCCCCCCCCc1cccc2c1C(=O)N(C1CCC(=O)NC1=O)C2=O.COc1cc(-c2cn(C)c(=O)c3c2C=NC3)cc(OC)c1CNCC(=O)O.NCCCCCCCCCc1cccc2c1C(=O)N(C1CCC(=O)NC1=O)C2=O.[2H]CF. The van der Waals surface area contributed by atoms with Crippen molar-refractivity contribution < 1.29 is 77.8 Å². The molecule has 2 unspecified atom stereocenters. The van der Waals surface area contributed by atoms with Crippen LogP contribution < -0.4 is 57.1 Å². The number of carbonyl (C=O) groups excluding carboxylic acids is 9. The minimum atomic E-state index is -1.00. The number of nitrogens with zero attached hydrogens (tertiary/aromatic N) is 6. The number of hydrogen-bond donors (Lipinski definition) is 7. The van der Waals surface area contributed by atoms with Crippen LogP contribution in [0.2, 0.25) is 0 Å². The number of ether oxygens (including phenoxy) is 4. The third kappa shape index (κ3) is 20.6. The average Bonchev–Trinajstić information content (AvgIpc) is 1.61. The molecule has 5 aliphatic heterocycles. The number of aromatic nitrogens is 4. The normalized spacial score (nSPS) is 15.4. The number of nitrogens with two attached hydrogens (primary N) is 1. The Bertz CT molecular complexity index is 4830. The molecule has 2 fully saturated rings. The Morgan fingerprint density at radius 3 is 1.57 bits per heavy atom. The van der Waals surface area contributed by atoms with Crippen molar-refractivity contribution in [2.24, 2.45) is 24.8 Å². The van der Waals surface area contributed by atoms with E-state index >= 15 is 0 Å². The van der Waals surface area contributed by atoms with Gasteiger partial charge in [0.25, 0.3) is 34.7 Å². The number of carbonyl (C=O) groups is 10. The topological polar surface area (TPSA) is 394 Å².